The van der Waals surface area contributed by atoms with E-state index in [0.29, 0.717) is 0 Å². The second kappa shape index (κ2) is 15.8. The molecule has 0 amide bonds. The van der Waals surface area contributed by atoms with Gasteiger partial charge in [0.1, 0.15) is 0 Å². The Balaban J connectivity index is 0.000000240. The summed E-state index contributed by atoms with van der Waals surface area (Å²) in [6, 6.07) is 21.1. The van der Waals surface area contributed by atoms with Gasteiger partial charge in [-0.3, -0.25) is 9.89 Å². The fourth-order valence-electron chi connectivity index (χ4n) is 3.44. The molecule has 2 aromatic rings. The van der Waals surface area contributed by atoms with E-state index in [4.69, 9.17) is 10.2 Å². The Morgan fingerprint density at radius 1 is 0.786 bits per heavy atom. The maximum Gasteiger partial charge on any atom is 0.244 e. The second-order valence-electron chi connectivity index (χ2n) is 6.67. The highest BCUT2D eigenvalue weighted by Crippen LogP contribution is 2.09. The first-order chi connectivity index (χ1) is 13.9. The molecule has 0 radical (unpaired) electrons. The Labute approximate surface area is 170 Å². The Bertz CT molecular complexity index is 587. The minimum atomic E-state index is 0.750. The van der Waals surface area contributed by atoms with Crippen LogP contribution in [0.25, 0.3) is 0 Å². The van der Waals surface area contributed by atoms with Crippen LogP contribution in [-0.4, -0.2) is 49.4 Å². The Morgan fingerprint density at radius 2 is 1.32 bits per heavy atom. The van der Waals surface area contributed by atoms with Crippen LogP contribution in [-0.2, 0) is 6.42 Å². The van der Waals surface area contributed by atoms with Crippen LogP contribution in [0.5, 0.6) is 0 Å². The van der Waals surface area contributed by atoms with Gasteiger partial charge >= 0.3 is 0 Å². The molecular weight excluding hydrogens is 348 g/mol. The van der Waals surface area contributed by atoms with Gasteiger partial charge in [-0.25, -0.2) is 0 Å². The number of benzene rings is 2. The number of rotatable bonds is 2. The highest BCUT2D eigenvalue weighted by molar-refractivity contribution is 5.77. The average Bonchev–Trinajstić information content (AvgIpc) is 3.04. The van der Waals surface area contributed by atoms with Crippen LogP contribution in [0.3, 0.4) is 0 Å². The van der Waals surface area contributed by atoms with E-state index in [0.717, 1.165) is 20.6 Å². The van der Waals surface area contributed by atoms with Crippen molar-refractivity contribution in [3.8, 4) is 0 Å². The van der Waals surface area contributed by atoms with Crippen molar-refractivity contribution >= 4 is 5.84 Å². The van der Waals surface area contributed by atoms with Gasteiger partial charge in [-0.2, -0.15) is 7.11 Å². The van der Waals surface area contributed by atoms with E-state index in [1.54, 1.807) is 0 Å². The third-order valence-corrected chi connectivity index (χ3v) is 4.75. The molecule has 0 atom stereocenters. The number of hydrogen-bond acceptors (Lipinski definition) is 3. The number of aliphatic hydroxyl groups excluding tert-OH is 1. The average molecular weight is 385 g/mol. The zero-order valence-electron chi connectivity index (χ0n) is 17.4. The smallest absolute Gasteiger partial charge is 0.244 e. The molecule has 0 fully saturated rings. The predicted molar refractivity (Wildman–Crippen MR) is 116 cm³/mol. The molecule has 2 aliphatic rings. The minimum absolute atomic E-state index is 0.750. The van der Waals surface area contributed by atoms with E-state index >= 15 is 0 Å². The van der Waals surface area contributed by atoms with Crippen molar-refractivity contribution in [2.45, 2.75) is 38.5 Å². The van der Waals surface area contributed by atoms with E-state index in [1.807, 2.05) is 0 Å². The highest BCUT2D eigenvalue weighted by Gasteiger charge is 2.19. The molecule has 0 saturated carbocycles. The number of aliphatic hydroxyl groups is 1. The molecule has 0 unspecified atom stereocenters. The van der Waals surface area contributed by atoms with Crippen molar-refractivity contribution in [2.24, 2.45) is 0 Å². The van der Waals surface area contributed by atoms with Crippen LogP contribution in [0, 0.1) is 0 Å². The van der Waals surface area contributed by atoms with Crippen LogP contribution in [0.2, 0.25) is 0 Å². The van der Waals surface area contributed by atoms with Gasteiger partial charge < -0.3 is 10.2 Å². The Morgan fingerprint density at radius 3 is 1.89 bits per heavy atom. The maximum absolute atomic E-state index is 8.25. The first kappa shape index (κ1) is 23.9. The van der Waals surface area contributed by atoms with Gasteiger partial charge in [0.05, 0.1) is 19.6 Å². The van der Waals surface area contributed by atoms with Crippen LogP contribution >= 0.6 is 0 Å². The number of amidine groups is 1. The normalized spacial score (nSPS) is 15.0. The Hall–Kier alpha value is -2.17. The van der Waals surface area contributed by atoms with Crippen LogP contribution < -0.4 is 10.4 Å². The largest absolute Gasteiger partial charge is 0.857 e. The maximum atomic E-state index is 8.25. The first-order valence-electron chi connectivity index (χ1n) is 10.2. The molecule has 4 heteroatoms. The van der Waals surface area contributed by atoms with Gasteiger partial charge in [0.25, 0.3) is 0 Å². The molecule has 0 aromatic heterocycles. The molecule has 2 aliphatic heterocycles. The van der Waals surface area contributed by atoms with Crippen molar-refractivity contribution < 1.29 is 14.8 Å². The molecular formula is C24H36N2O2. The quantitative estimate of drug-likeness (QED) is 0.783. The van der Waals surface area contributed by atoms with Gasteiger partial charge in [-0.05, 0) is 36.8 Å². The fourth-order valence-corrected chi connectivity index (χ4v) is 3.44. The van der Waals surface area contributed by atoms with Crippen LogP contribution in [0.4, 0.5) is 0 Å². The molecule has 0 bridgehead atoms. The molecule has 28 heavy (non-hydrogen) atoms. The van der Waals surface area contributed by atoms with E-state index in [2.05, 4.69) is 70.6 Å². The fraction of sp³-hybridized carbons (Fsp3) is 0.458. The number of nitrogens with one attached hydrogen (secondary N) is 1. The standard InChI is InChI=1S/C13H12.C9H16N2.CH4O.CH3O/c1-3-7-12(8-4-1)11-13-9-5-2-6-10-13;1-2-5-9-10-6-4-8-11(9)7-3-1;2*1-2/h1-10H,11H2;1-8H2;2H,1H3;1H3/q;;;-1/p+1. The van der Waals surface area contributed by atoms with Gasteiger partial charge in [0.2, 0.25) is 5.84 Å². The van der Waals surface area contributed by atoms with Crippen LogP contribution in [0.15, 0.2) is 60.7 Å². The van der Waals surface area contributed by atoms with Gasteiger partial charge in [0, 0.05) is 20.0 Å². The summed E-state index contributed by atoms with van der Waals surface area (Å²) in [5.74, 6) is 1.52. The summed E-state index contributed by atoms with van der Waals surface area (Å²) in [5.41, 5.74) is 2.74. The van der Waals surface area contributed by atoms with Gasteiger partial charge in [-0.1, -0.05) is 60.7 Å². The zero-order valence-corrected chi connectivity index (χ0v) is 17.4. The Kier molecular flexibility index (Phi) is 13.5. The topological polar surface area (TPSA) is 58.3 Å². The molecule has 0 aliphatic carbocycles. The number of nitrogens with zero attached hydrogens (tertiary/aromatic N) is 1. The summed E-state index contributed by atoms with van der Waals surface area (Å²) < 4.78 is 2.54. The molecule has 4 rings (SSSR count). The third kappa shape index (κ3) is 9.16. The monoisotopic (exact) mass is 384 g/mol. The summed E-state index contributed by atoms with van der Waals surface area (Å²) in [7, 11) is 1.75. The lowest BCUT2D eigenvalue weighted by molar-refractivity contribution is -0.534. The lowest BCUT2D eigenvalue weighted by Gasteiger charge is -2.14. The lowest BCUT2D eigenvalue weighted by atomic mass is 10.1. The molecule has 2 heterocycles. The predicted octanol–water partition coefficient (Wildman–Crippen LogP) is 2.83. The van der Waals surface area contributed by atoms with E-state index < -0.39 is 0 Å². The van der Waals surface area contributed by atoms with E-state index in [1.165, 1.54) is 68.7 Å². The van der Waals surface area contributed by atoms with E-state index in [-0.39, 0.29) is 0 Å². The van der Waals surface area contributed by atoms with Crippen molar-refractivity contribution in [2.75, 3.05) is 33.9 Å². The van der Waals surface area contributed by atoms with Crippen LogP contribution in [0.1, 0.15) is 43.2 Å². The summed E-state index contributed by atoms with van der Waals surface area (Å²) in [6.07, 6.45) is 7.84. The number of hydrogen-bond donors (Lipinski definition) is 2. The van der Waals surface area contributed by atoms with Gasteiger partial charge in [0.15, 0.2) is 0 Å². The van der Waals surface area contributed by atoms with E-state index in [9.17, 15) is 0 Å². The molecule has 0 spiro atoms. The molecule has 4 nitrogen and oxygen atoms in total. The lowest BCUT2D eigenvalue weighted by Crippen LogP contribution is -2.40. The summed E-state index contributed by atoms with van der Waals surface area (Å²) in [5, 5.41) is 18.8. The molecule has 2 N–H and O–H groups in total. The van der Waals surface area contributed by atoms with Crippen molar-refractivity contribution in [3.05, 3.63) is 71.8 Å². The molecule has 2 aromatic carbocycles. The van der Waals surface area contributed by atoms with Crippen molar-refractivity contribution in [3.63, 3.8) is 0 Å². The molecule has 0 saturated heterocycles. The SMILES string of the molecule is C1CCC2=[N+](CC1)CCCN2.CO.C[O-].c1ccc(Cc2ccccc2)cc1. The second-order valence-corrected chi connectivity index (χ2v) is 6.67. The van der Waals surface area contributed by atoms with Crippen molar-refractivity contribution in [1.29, 1.82) is 0 Å². The summed E-state index contributed by atoms with van der Waals surface area (Å²) in [4.78, 5) is 0. The third-order valence-electron chi connectivity index (χ3n) is 4.75. The highest BCUT2D eigenvalue weighted by atomic mass is 16.2. The first-order valence-corrected chi connectivity index (χ1v) is 10.2. The van der Waals surface area contributed by atoms with Crippen molar-refractivity contribution in [1.82, 2.24) is 5.32 Å². The minimum Gasteiger partial charge on any atom is -0.857 e. The summed E-state index contributed by atoms with van der Waals surface area (Å²) >= 11 is 0. The van der Waals surface area contributed by atoms with Gasteiger partial charge in [-0.15, -0.1) is 0 Å². The zero-order chi connectivity index (χ0) is 20.5. The summed E-state index contributed by atoms with van der Waals surface area (Å²) in [6.45, 7) is 3.79. The molecule has 154 valence electrons.